The molecule has 0 saturated heterocycles. The summed E-state index contributed by atoms with van der Waals surface area (Å²) in [7, 11) is 1.66. The molecule has 17 heavy (non-hydrogen) atoms. The number of aryl methyl sites for hydroxylation is 1. The maximum absolute atomic E-state index is 5.66. The molecule has 0 bridgehead atoms. The molecule has 1 N–H and O–H groups in total. The second-order valence-electron chi connectivity index (χ2n) is 4.49. The van der Waals surface area contributed by atoms with Crippen LogP contribution in [0.1, 0.15) is 43.4 Å². The van der Waals surface area contributed by atoms with Gasteiger partial charge in [0.15, 0.2) is 0 Å². The molecule has 1 atom stereocenters. The largest absolute Gasteiger partial charge is 0.493 e. The second kappa shape index (κ2) is 6.03. The van der Waals surface area contributed by atoms with Crippen LogP contribution in [0.5, 0.6) is 5.75 Å². The molecule has 0 saturated carbocycles. The monoisotopic (exact) mass is 235 g/mol. The highest BCUT2D eigenvalue weighted by Crippen LogP contribution is 2.32. The van der Waals surface area contributed by atoms with Gasteiger partial charge in [0.25, 0.3) is 0 Å². The van der Waals surface area contributed by atoms with Gasteiger partial charge < -0.3 is 9.57 Å². The van der Waals surface area contributed by atoms with Crippen LogP contribution < -0.4 is 10.2 Å². The predicted molar refractivity (Wildman–Crippen MR) is 68.1 cm³/mol. The molecule has 1 aliphatic heterocycles. The first-order chi connectivity index (χ1) is 8.35. The van der Waals surface area contributed by atoms with Crippen molar-refractivity contribution in [1.29, 1.82) is 0 Å². The maximum atomic E-state index is 5.66. The number of hydroxylamine groups is 1. The quantitative estimate of drug-likeness (QED) is 0.796. The lowest BCUT2D eigenvalue weighted by Crippen LogP contribution is -2.26. The zero-order valence-corrected chi connectivity index (χ0v) is 10.7. The van der Waals surface area contributed by atoms with Crippen molar-refractivity contribution >= 4 is 0 Å². The maximum Gasteiger partial charge on any atom is 0.124 e. The van der Waals surface area contributed by atoms with E-state index in [0.717, 1.165) is 25.2 Å². The number of unbranched alkanes of at least 4 members (excludes halogenated alkanes) is 1. The number of hydrogen-bond acceptors (Lipinski definition) is 3. The van der Waals surface area contributed by atoms with E-state index in [9.17, 15) is 0 Å². The minimum absolute atomic E-state index is 0.255. The molecule has 1 aromatic rings. The van der Waals surface area contributed by atoms with Gasteiger partial charge >= 0.3 is 0 Å². The van der Waals surface area contributed by atoms with E-state index < -0.39 is 0 Å². The Morgan fingerprint density at radius 1 is 1.47 bits per heavy atom. The van der Waals surface area contributed by atoms with Gasteiger partial charge in [-0.3, -0.25) is 0 Å². The fraction of sp³-hybridized carbons (Fsp3) is 0.571. The first-order valence-electron chi connectivity index (χ1n) is 6.39. The van der Waals surface area contributed by atoms with E-state index in [-0.39, 0.29) is 6.04 Å². The van der Waals surface area contributed by atoms with Crippen LogP contribution in [0.3, 0.4) is 0 Å². The summed E-state index contributed by atoms with van der Waals surface area (Å²) in [6.07, 6.45) is 4.57. The lowest BCUT2D eigenvalue weighted by Gasteiger charge is -2.26. The van der Waals surface area contributed by atoms with Crippen molar-refractivity contribution in [3.8, 4) is 5.75 Å². The summed E-state index contributed by atoms with van der Waals surface area (Å²) in [6, 6.07) is 6.76. The zero-order chi connectivity index (χ0) is 12.1. The van der Waals surface area contributed by atoms with Crippen molar-refractivity contribution in [2.24, 2.45) is 0 Å². The minimum atomic E-state index is 0.255. The molecule has 3 heteroatoms. The molecular formula is C14H21NO2. The third-order valence-electron chi connectivity index (χ3n) is 3.19. The molecule has 0 amide bonds. The van der Waals surface area contributed by atoms with E-state index in [2.05, 4.69) is 30.6 Å². The van der Waals surface area contributed by atoms with E-state index in [1.165, 1.54) is 24.0 Å². The Balaban J connectivity index is 2.18. The predicted octanol–water partition coefficient (Wildman–Crippen LogP) is 3.00. The topological polar surface area (TPSA) is 30.5 Å². The summed E-state index contributed by atoms with van der Waals surface area (Å²) in [5.74, 6) is 0.992. The number of nitrogens with one attached hydrogen (secondary N) is 1. The summed E-state index contributed by atoms with van der Waals surface area (Å²) in [5.41, 5.74) is 5.66. The molecule has 1 aliphatic rings. The van der Waals surface area contributed by atoms with Gasteiger partial charge in [-0.15, -0.1) is 0 Å². The van der Waals surface area contributed by atoms with Crippen LogP contribution in [0, 0.1) is 0 Å². The zero-order valence-electron chi connectivity index (χ0n) is 10.7. The van der Waals surface area contributed by atoms with Crippen LogP contribution in [0.2, 0.25) is 0 Å². The summed E-state index contributed by atoms with van der Waals surface area (Å²) in [6.45, 7) is 2.97. The summed E-state index contributed by atoms with van der Waals surface area (Å²) in [4.78, 5) is 5.05. The van der Waals surface area contributed by atoms with Crippen molar-refractivity contribution in [2.45, 2.75) is 38.6 Å². The molecule has 0 radical (unpaired) electrons. The van der Waals surface area contributed by atoms with Gasteiger partial charge in [-0.05, 0) is 24.5 Å². The van der Waals surface area contributed by atoms with Crippen molar-refractivity contribution in [3.63, 3.8) is 0 Å². The van der Waals surface area contributed by atoms with Gasteiger partial charge in [-0.2, -0.15) is 5.48 Å². The van der Waals surface area contributed by atoms with Crippen LogP contribution in [0.25, 0.3) is 0 Å². The molecular weight excluding hydrogens is 214 g/mol. The number of fused-ring (bicyclic) bond motifs is 1. The number of benzene rings is 1. The Labute approximate surface area is 103 Å². The molecule has 0 aromatic heterocycles. The number of rotatable bonds is 5. The first kappa shape index (κ1) is 12.4. The van der Waals surface area contributed by atoms with Crippen molar-refractivity contribution in [2.75, 3.05) is 13.7 Å². The number of hydrogen-bond donors (Lipinski definition) is 1. The van der Waals surface area contributed by atoms with E-state index >= 15 is 0 Å². The first-order valence-corrected chi connectivity index (χ1v) is 6.39. The Kier molecular flexibility index (Phi) is 4.40. The van der Waals surface area contributed by atoms with E-state index in [4.69, 9.17) is 9.57 Å². The lowest BCUT2D eigenvalue weighted by molar-refractivity contribution is 0.0462. The van der Waals surface area contributed by atoms with Gasteiger partial charge in [0.2, 0.25) is 0 Å². The highest BCUT2D eigenvalue weighted by atomic mass is 16.6. The van der Waals surface area contributed by atoms with E-state index in [1.807, 2.05) is 0 Å². The minimum Gasteiger partial charge on any atom is -0.493 e. The fourth-order valence-electron chi connectivity index (χ4n) is 2.24. The summed E-state index contributed by atoms with van der Waals surface area (Å²) in [5, 5.41) is 0. The van der Waals surface area contributed by atoms with Gasteiger partial charge in [0.1, 0.15) is 5.75 Å². The molecule has 3 nitrogen and oxygen atoms in total. The molecule has 1 heterocycles. The van der Waals surface area contributed by atoms with Crippen molar-refractivity contribution in [3.05, 3.63) is 29.3 Å². The van der Waals surface area contributed by atoms with Gasteiger partial charge in [0, 0.05) is 12.0 Å². The Morgan fingerprint density at radius 2 is 2.35 bits per heavy atom. The fourth-order valence-corrected chi connectivity index (χ4v) is 2.24. The van der Waals surface area contributed by atoms with Crippen molar-refractivity contribution < 1.29 is 9.57 Å². The SMILES string of the molecule is CCCCc1ccc2c(c1)C(NOC)CCO2. The molecule has 2 rings (SSSR count). The summed E-state index contributed by atoms with van der Waals surface area (Å²) < 4.78 is 5.66. The van der Waals surface area contributed by atoms with Gasteiger partial charge in [-0.1, -0.05) is 25.5 Å². The Hall–Kier alpha value is -1.06. The highest BCUT2D eigenvalue weighted by Gasteiger charge is 2.21. The van der Waals surface area contributed by atoms with Crippen LogP contribution in [-0.4, -0.2) is 13.7 Å². The Bertz CT molecular complexity index is 365. The van der Waals surface area contributed by atoms with E-state index in [1.54, 1.807) is 7.11 Å². The molecule has 0 spiro atoms. The van der Waals surface area contributed by atoms with Crippen LogP contribution in [0.4, 0.5) is 0 Å². The second-order valence-corrected chi connectivity index (χ2v) is 4.49. The third kappa shape index (κ3) is 2.99. The highest BCUT2D eigenvalue weighted by molar-refractivity contribution is 5.40. The summed E-state index contributed by atoms with van der Waals surface area (Å²) >= 11 is 0. The lowest BCUT2D eigenvalue weighted by atomic mass is 9.97. The van der Waals surface area contributed by atoms with Crippen LogP contribution >= 0.6 is 0 Å². The van der Waals surface area contributed by atoms with Gasteiger partial charge in [0.05, 0.1) is 19.8 Å². The van der Waals surface area contributed by atoms with Crippen LogP contribution in [-0.2, 0) is 11.3 Å². The molecule has 0 aliphatic carbocycles. The average molecular weight is 235 g/mol. The molecule has 94 valence electrons. The normalized spacial score (nSPS) is 18.6. The molecule has 0 fully saturated rings. The standard InChI is InChI=1S/C14H21NO2/c1-3-4-5-11-6-7-14-12(10-11)13(15-16-2)8-9-17-14/h6-7,10,13,15H,3-5,8-9H2,1-2H3. The van der Waals surface area contributed by atoms with Crippen molar-refractivity contribution in [1.82, 2.24) is 5.48 Å². The average Bonchev–Trinajstić information content (AvgIpc) is 2.37. The third-order valence-corrected chi connectivity index (χ3v) is 3.19. The molecule has 1 aromatic carbocycles. The molecule has 1 unspecified atom stereocenters. The van der Waals surface area contributed by atoms with Crippen LogP contribution in [0.15, 0.2) is 18.2 Å². The van der Waals surface area contributed by atoms with E-state index in [0.29, 0.717) is 0 Å². The smallest absolute Gasteiger partial charge is 0.124 e. The van der Waals surface area contributed by atoms with Gasteiger partial charge in [-0.25, -0.2) is 0 Å². The Morgan fingerprint density at radius 3 is 3.12 bits per heavy atom. The number of ether oxygens (including phenoxy) is 1.